The van der Waals surface area contributed by atoms with Crippen molar-refractivity contribution < 1.29 is 19.0 Å². The minimum absolute atomic E-state index is 0.249. The Hall–Kier alpha value is -2.64. The van der Waals surface area contributed by atoms with E-state index in [4.69, 9.17) is 25.8 Å². The van der Waals surface area contributed by atoms with E-state index in [1.54, 1.807) is 32.4 Å². The first kappa shape index (κ1) is 20.1. The topological polar surface area (TPSA) is 69.2 Å². The van der Waals surface area contributed by atoms with Crippen LogP contribution in [0.5, 0.6) is 17.2 Å². The van der Waals surface area contributed by atoms with Crippen LogP contribution < -0.4 is 19.5 Å². The number of methoxy groups -OCH3 is 3. The van der Waals surface area contributed by atoms with Crippen LogP contribution in [0.4, 0.5) is 5.69 Å². The van der Waals surface area contributed by atoms with Gasteiger partial charge in [-0.25, -0.2) is 4.99 Å². The summed E-state index contributed by atoms with van der Waals surface area (Å²) in [5.74, 6) is 1.43. The Morgan fingerprint density at radius 2 is 1.71 bits per heavy atom. The lowest BCUT2D eigenvalue weighted by Gasteiger charge is -2.09. The molecule has 0 saturated carbocycles. The fraction of sp³-hybridized carbons (Fsp3) is 0.200. The molecule has 6 nitrogen and oxygen atoms in total. The van der Waals surface area contributed by atoms with Crippen molar-refractivity contribution in [2.45, 2.75) is 6.92 Å². The molecule has 146 valence electrons. The number of thioether (sulfide) groups is 1. The molecule has 0 atom stereocenters. The van der Waals surface area contributed by atoms with Crippen LogP contribution in [-0.2, 0) is 4.79 Å². The number of aryl methyl sites for hydroxylation is 1. The van der Waals surface area contributed by atoms with Gasteiger partial charge in [-0.05, 0) is 54.1 Å². The van der Waals surface area contributed by atoms with Gasteiger partial charge in [-0.15, -0.1) is 0 Å². The van der Waals surface area contributed by atoms with Gasteiger partial charge in [0.1, 0.15) is 11.4 Å². The highest BCUT2D eigenvalue weighted by atomic mass is 35.5. The molecule has 0 radical (unpaired) electrons. The monoisotopic (exact) mass is 418 g/mol. The zero-order valence-electron chi connectivity index (χ0n) is 15.8. The zero-order chi connectivity index (χ0) is 20.3. The summed E-state index contributed by atoms with van der Waals surface area (Å²) in [5, 5.41) is 3.68. The number of halogens is 1. The van der Waals surface area contributed by atoms with Crippen molar-refractivity contribution in [3.63, 3.8) is 0 Å². The lowest BCUT2D eigenvalue weighted by Crippen LogP contribution is -2.19. The molecule has 1 fully saturated rings. The van der Waals surface area contributed by atoms with Crippen LogP contribution in [0, 0.1) is 6.92 Å². The van der Waals surface area contributed by atoms with E-state index in [1.165, 1.54) is 18.9 Å². The lowest BCUT2D eigenvalue weighted by atomic mass is 10.2. The van der Waals surface area contributed by atoms with Crippen molar-refractivity contribution in [3.05, 3.63) is 51.4 Å². The molecular weight excluding hydrogens is 400 g/mol. The van der Waals surface area contributed by atoms with Gasteiger partial charge in [0.2, 0.25) is 0 Å². The first-order chi connectivity index (χ1) is 13.4. The largest absolute Gasteiger partial charge is 0.494 e. The summed E-state index contributed by atoms with van der Waals surface area (Å²) in [5.41, 5.74) is 2.34. The van der Waals surface area contributed by atoms with Gasteiger partial charge in [0.15, 0.2) is 16.7 Å². The molecule has 1 heterocycles. The predicted octanol–water partition coefficient (Wildman–Crippen LogP) is 4.57. The van der Waals surface area contributed by atoms with Gasteiger partial charge >= 0.3 is 0 Å². The zero-order valence-corrected chi connectivity index (χ0v) is 17.4. The Morgan fingerprint density at radius 3 is 2.39 bits per heavy atom. The maximum Gasteiger partial charge on any atom is 0.264 e. The molecule has 1 saturated heterocycles. The molecule has 1 N–H and O–H groups in total. The van der Waals surface area contributed by atoms with Gasteiger partial charge < -0.3 is 19.5 Å². The first-order valence-electron chi connectivity index (χ1n) is 8.31. The second-order valence-electron chi connectivity index (χ2n) is 5.89. The third-order valence-corrected chi connectivity index (χ3v) is 5.23. The van der Waals surface area contributed by atoms with Crippen LogP contribution in [0.2, 0.25) is 5.02 Å². The fourth-order valence-corrected chi connectivity index (χ4v) is 3.63. The maximum absolute atomic E-state index is 12.4. The Morgan fingerprint density at radius 1 is 1.04 bits per heavy atom. The molecule has 3 rings (SSSR count). The van der Waals surface area contributed by atoms with Gasteiger partial charge in [-0.3, -0.25) is 4.79 Å². The molecular formula is C20H19ClN2O4S. The minimum atomic E-state index is -0.249. The standard InChI is InChI=1S/C20H19ClN2O4S/c1-11-5-6-15(25-2)14(7-11)22-20-23-19(24)18(28-20)9-12-8-16(26-3)17(27-4)10-13(12)21/h5-10H,1-4H3,(H,22,23,24)/b18-9-. The van der Waals surface area contributed by atoms with Gasteiger partial charge in [0, 0.05) is 6.07 Å². The van der Waals surface area contributed by atoms with E-state index in [2.05, 4.69) is 10.3 Å². The highest BCUT2D eigenvalue weighted by Crippen LogP contribution is 2.37. The molecule has 1 aliphatic rings. The summed E-state index contributed by atoms with van der Waals surface area (Å²) in [6.45, 7) is 1.97. The number of nitrogens with zero attached hydrogens (tertiary/aromatic N) is 1. The third kappa shape index (κ3) is 4.26. The number of carbonyl (C=O) groups is 1. The van der Waals surface area contributed by atoms with Crippen LogP contribution >= 0.6 is 23.4 Å². The molecule has 8 heteroatoms. The average Bonchev–Trinajstić information content (AvgIpc) is 3.02. The van der Waals surface area contributed by atoms with Crippen molar-refractivity contribution in [3.8, 4) is 17.2 Å². The molecule has 1 amide bonds. The number of hydrogen-bond donors (Lipinski definition) is 1. The van der Waals surface area contributed by atoms with E-state index < -0.39 is 0 Å². The van der Waals surface area contributed by atoms with Gasteiger partial charge in [-0.1, -0.05) is 17.7 Å². The number of nitrogens with one attached hydrogen (secondary N) is 1. The molecule has 0 aliphatic carbocycles. The number of carbonyl (C=O) groups excluding carboxylic acids is 1. The van der Waals surface area contributed by atoms with Crippen molar-refractivity contribution in [1.82, 2.24) is 5.32 Å². The van der Waals surface area contributed by atoms with Crippen molar-refractivity contribution in [2.75, 3.05) is 21.3 Å². The summed E-state index contributed by atoms with van der Waals surface area (Å²) >= 11 is 7.55. The second-order valence-corrected chi connectivity index (χ2v) is 7.32. The summed E-state index contributed by atoms with van der Waals surface area (Å²) in [7, 11) is 4.66. The van der Waals surface area contributed by atoms with E-state index >= 15 is 0 Å². The Balaban J connectivity index is 1.92. The van der Waals surface area contributed by atoms with Gasteiger partial charge in [-0.2, -0.15) is 0 Å². The number of amides is 1. The third-order valence-electron chi connectivity index (χ3n) is 4.00. The summed E-state index contributed by atoms with van der Waals surface area (Å²) in [4.78, 5) is 17.4. The first-order valence-corrected chi connectivity index (χ1v) is 9.50. The van der Waals surface area contributed by atoms with Crippen LogP contribution in [0.15, 0.2) is 40.2 Å². The van der Waals surface area contributed by atoms with Crippen LogP contribution in [0.25, 0.3) is 6.08 Å². The minimum Gasteiger partial charge on any atom is -0.494 e. The number of amidine groups is 1. The highest BCUT2D eigenvalue weighted by Gasteiger charge is 2.25. The fourth-order valence-electron chi connectivity index (χ4n) is 2.60. The molecule has 2 aromatic carbocycles. The van der Waals surface area contributed by atoms with Gasteiger partial charge in [0.05, 0.1) is 31.3 Å². The SMILES string of the molecule is COc1ccc(C)cc1N=C1NC(=O)/C(=C/c2cc(OC)c(OC)cc2Cl)S1. The molecule has 0 spiro atoms. The summed E-state index contributed by atoms with van der Waals surface area (Å²) < 4.78 is 15.9. The van der Waals surface area contributed by atoms with E-state index in [9.17, 15) is 4.79 Å². The number of aliphatic imine (C=N–C) groups is 1. The van der Waals surface area contributed by atoms with Crippen LogP contribution in [0.1, 0.15) is 11.1 Å². The number of benzene rings is 2. The van der Waals surface area contributed by atoms with Crippen LogP contribution in [-0.4, -0.2) is 32.4 Å². The lowest BCUT2D eigenvalue weighted by molar-refractivity contribution is -0.115. The summed E-state index contributed by atoms with van der Waals surface area (Å²) in [6.07, 6.45) is 1.69. The molecule has 28 heavy (non-hydrogen) atoms. The van der Waals surface area contributed by atoms with Crippen molar-refractivity contribution >= 4 is 46.2 Å². The van der Waals surface area contributed by atoms with E-state index in [-0.39, 0.29) is 5.91 Å². The van der Waals surface area contributed by atoms with E-state index in [0.717, 1.165) is 5.56 Å². The molecule has 0 bridgehead atoms. The van der Waals surface area contributed by atoms with Gasteiger partial charge in [0.25, 0.3) is 5.91 Å². The predicted molar refractivity (Wildman–Crippen MR) is 113 cm³/mol. The number of hydrogen-bond acceptors (Lipinski definition) is 6. The maximum atomic E-state index is 12.4. The molecule has 2 aromatic rings. The smallest absolute Gasteiger partial charge is 0.264 e. The van der Waals surface area contributed by atoms with Crippen LogP contribution in [0.3, 0.4) is 0 Å². The summed E-state index contributed by atoms with van der Waals surface area (Å²) in [6, 6.07) is 9.05. The molecule has 0 aromatic heterocycles. The van der Waals surface area contributed by atoms with E-state index in [1.807, 2.05) is 25.1 Å². The number of rotatable bonds is 5. The molecule has 0 unspecified atom stereocenters. The van der Waals surface area contributed by atoms with Crippen molar-refractivity contribution in [2.24, 2.45) is 4.99 Å². The Labute approximate surface area is 172 Å². The Bertz CT molecular complexity index is 988. The number of ether oxygens (including phenoxy) is 3. The highest BCUT2D eigenvalue weighted by molar-refractivity contribution is 8.18. The molecule has 1 aliphatic heterocycles. The average molecular weight is 419 g/mol. The Kier molecular flexibility index (Phi) is 6.16. The van der Waals surface area contributed by atoms with Crippen molar-refractivity contribution in [1.29, 1.82) is 0 Å². The van der Waals surface area contributed by atoms with E-state index in [0.29, 0.717) is 43.6 Å². The normalized spacial score (nSPS) is 16.4. The quantitative estimate of drug-likeness (QED) is 0.720. The second kappa shape index (κ2) is 8.58.